The number of rotatable bonds is 2. The first-order chi connectivity index (χ1) is 5.75. The predicted octanol–water partition coefficient (Wildman–Crippen LogP) is 2.68. The maximum Gasteiger partial charge on any atom is 0.160 e. The van der Waals surface area contributed by atoms with Crippen molar-refractivity contribution in [1.82, 2.24) is 0 Å². The average Bonchev–Trinajstić information content (AvgIpc) is 2.07. The van der Waals surface area contributed by atoms with E-state index in [2.05, 4.69) is 0 Å². The van der Waals surface area contributed by atoms with E-state index in [4.69, 9.17) is 0 Å². The van der Waals surface area contributed by atoms with E-state index in [-0.39, 0.29) is 5.78 Å². The van der Waals surface area contributed by atoms with E-state index >= 15 is 0 Å². The molecule has 1 aromatic rings. The summed E-state index contributed by atoms with van der Waals surface area (Å²) in [7, 11) is 0. The fourth-order valence-corrected chi connectivity index (χ4v) is 1.19. The summed E-state index contributed by atoms with van der Waals surface area (Å²) in [5.74, 6) is 0.115. The first-order valence-electron chi connectivity index (χ1n) is 3.98. The first-order valence-corrected chi connectivity index (χ1v) is 3.98. The topological polar surface area (TPSA) is 17.1 Å². The van der Waals surface area contributed by atoms with Crippen LogP contribution in [0.25, 0.3) is 5.57 Å². The molecule has 0 radical (unpaired) electrons. The van der Waals surface area contributed by atoms with Gasteiger partial charge in [0, 0.05) is 5.57 Å². The van der Waals surface area contributed by atoms with Crippen LogP contribution in [0.4, 0.5) is 0 Å². The highest BCUT2D eigenvalue weighted by Crippen LogP contribution is 2.13. The number of carbonyl (C=O) groups excluding carboxylic acids is 1. The zero-order valence-electron chi connectivity index (χ0n) is 7.37. The van der Waals surface area contributed by atoms with E-state index in [0.29, 0.717) is 0 Å². The van der Waals surface area contributed by atoms with Crippen molar-refractivity contribution in [3.8, 4) is 0 Å². The molecule has 12 heavy (non-hydrogen) atoms. The average molecular weight is 160 g/mol. The van der Waals surface area contributed by atoms with Gasteiger partial charge in [0.15, 0.2) is 5.78 Å². The highest BCUT2D eigenvalue weighted by molar-refractivity contribution is 6.19. The molecule has 0 aliphatic carbocycles. The smallest absolute Gasteiger partial charge is 0.160 e. The van der Waals surface area contributed by atoms with E-state index in [9.17, 15) is 4.79 Å². The summed E-state index contributed by atoms with van der Waals surface area (Å²) in [4.78, 5) is 11.1. The Kier molecular flexibility index (Phi) is 2.81. The van der Waals surface area contributed by atoms with E-state index in [1.807, 2.05) is 43.3 Å². The fourth-order valence-electron chi connectivity index (χ4n) is 1.19. The van der Waals surface area contributed by atoms with Crippen LogP contribution in [0.5, 0.6) is 0 Å². The van der Waals surface area contributed by atoms with Gasteiger partial charge in [-0.15, -0.1) is 0 Å². The lowest BCUT2D eigenvalue weighted by molar-refractivity contribution is -0.111. The highest BCUT2D eigenvalue weighted by atomic mass is 16.1. The summed E-state index contributed by atoms with van der Waals surface area (Å²) in [6.07, 6.45) is 1.84. The Morgan fingerprint density at radius 2 is 1.83 bits per heavy atom. The minimum atomic E-state index is 0.115. The van der Waals surface area contributed by atoms with Crippen molar-refractivity contribution in [3.05, 3.63) is 42.0 Å². The van der Waals surface area contributed by atoms with Crippen LogP contribution < -0.4 is 0 Å². The molecule has 0 unspecified atom stereocenters. The SMILES string of the molecule is CC=C(C(C)=O)c1ccccc1. The summed E-state index contributed by atoms with van der Waals surface area (Å²) in [6.45, 7) is 3.46. The molecule has 0 spiro atoms. The van der Waals surface area contributed by atoms with E-state index < -0.39 is 0 Å². The number of allylic oxidation sites excluding steroid dienone is 2. The van der Waals surface area contributed by atoms with Gasteiger partial charge in [0.1, 0.15) is 0 Å². The maximum atomic E-state index is 11.1. The number of carbonyl (C=O) groups is 1. The number of hydrogen-bond donors (Lipinski definition) is 0. The molecule has 1 nitrogen and oxygen atoms in total. The molecular formula is C11H12O. The van der Waals surface area contributed by atoms with Crippen LogP contribution >= 0.6 is 0 Å². The maximum absolute atomic E-state index is 11.1. The molecule has 0 aromatic heterocycles. The van der Waals surface area contributed by atoms with Crippen LogP contribution in [0.3, 0.4) is 0 Å². The molecule has 0 aliphatic rings. The van der Waals surface area contributed by atoms with Gasteiger partial charge < -0.3 is 0 Å². The standard InChI is InChI=1S/C11H12O/c1-3-11(9(2)12)10-7-5-4-6-8-10/h3-8H,1-2H3. The van der Waals surface area contributed by atoms with Crippen molar-refractivity contribution in [2.24, 2.45) is 0 Å². The third kappa shape index (κ3) is 1.82. The lowest BCUT2D eigenvalue weighted by atomic mass is 10.0. The van der Waals surface area contributed by atoms with E-state index in [0.717, 1.165) is 11.1 Å². The van der Waals surface area contributed by atoms with Crippen LogP contribution in [0.2, 0.25) is 0 Å². The fraction of sp³-hybridized carbons (Fsp3) is 0.182. The number of Topliss-reactive ketones (excluding diaryl/α,β-unsaturated/α-hetero) is 1. The molecule has 0 amide bonds. The Labute approximate surface area is 72.7 Å². The molecule has 0 saturated heterocycles. The van der Waals surface area contributed by atoms with Crippen molar-refractivity contribution in [3.63, 3.8) is 0 Å². The van der Waals surface area contributed by atoms with E-state index in [1.165, 1.54) is 0 Å². The van der Waals surface area contributed by atoms with Gasteiger partial charge in [-0.3, -0.25) is 4.79 Å². The van der Waals surface area contributed by atoms with Crippen molar-refractivity contribution < 1.29 is 4.79 Å². The Morgan fingerprint density at radius 3 is 2.25 bits per heavy atom. The summed E-state index contributed by atoms with van der Waals surface area (Å²) in [5.41, 5.74) is 1.78. The van der Waals surface area contributed by atoms with Gasteiger partial charge in [0.2, 0.25) is 0 Å². The Hall–Kier alpha value is -1.37. The van der Waals surface area contributed by atoms with E-state index in [1.54, 1.807) is 6.92 Å². The Bertz CT molecular complexity index is 296. The molecule has 1 rings (SSSR count). The highest BCUT2D eigenvalue weighted by Gasteiger charge is 2.03. The van der Waals surface area contributed by atoms with Gasteiger partial charge in [-0.1, -0.05) is 36.4 Å². The molecule has 0 N–H and O–H groups in total. The lowest BCUT2D eigenvalue weighted by Gasteiger charge is -2.01. The molecule has 0 atom stereocenters. The zero-order valence-corrected chi connectivity index (χ0v) is 7.37. The van der Waals surface area contributed by atoms with Crippen molar-refractivity contribution >= 4 is 11.4 Å². The van der Waals surface area contributed by atoms with Gasteiger partial charge >= 0.3 is 0 Å². The molecule has 0 saturated carbocycles. The first kappa shape index (κ1) is 8.72. The summed E-state index contributed by atoms with van der Waals surface area (Å²) >= 11 is 0. The van der Waals surface area contributed by atoms with Crippen LogP contribution in [0.1, 0.15) is 19.4 Å². The summed E-state index contributed by atoms with van der Waals surface area (Å²) in [6, 6.07) is 9.69. The minimum Gasteiger partial charge on any atom is -0.295 e. The number of hydrogen-bond acceptors (Lipinski definition) is 1. The molecule has 1 aromatic carbocycles. The second-order valence-electron chi connectivity index (χ2n) is 2.62. The minimum absolute atomic E-state index is 0.115. The van der Waals surface area contributed by atoms with Gasteiger partial charge in [-0.2, -0.15) is 0 Å². The molecule has 62 valence electrons. The monoisotopic (exact) mass is 160 g/mol. The third-order valence-electron chi connectivity index (χ3n) is 1.75. The number of ketones is 1. The van der Waals surface area contributed by atoms with Crippen LogP contribution in [0.15, 0.2) is 36.4 Å². The van der Waals surface area contributed by atoms with Crippen molar-refractivity contribution in [2.75, 3.05) is 0 Å². The van der Waals surface area contributed by atoms with Gasteiger partial charge in [-0.25, -0.2) is 0 Å². The Morgan fingerprint density at radius 1 is 1.25 bits per heavy atom. The predicted molar refractivity (Wildman–Crippen MR) is 50.8 cm³/mol. The lowest BCUT2D eigenvalue weighted by Crippen LogP contribution is -1.94. The van der Waals surface area contributed by atoms with Gasteiger partial charge in [0.05, 0.1) is 0 Å². The van der Waals surface area contributed by atoms with Crippen molar-refractivity contribution in [1.29, 1.82) is 0 Å². The van der Waals surface area contributed by atoms with Gasteiger partial charge in [0.25, 0.3) is 0 Å². The van der Waals surface area contributed by atoms with Crippen LogP contribution in [-0.2, 0) is 4.79 Å². The second-order valence-corrected chi connectivity index (χ2v) is 2.62. The largest absolute Gasteiger partial charge is 0.295 e. The van der Waals surface area contributed by atoms with Gasteiger partial charge in [-0.05, 0) is 19.4 Å². The summed E-state index contributed by atoms with van der Waals surface area (Å²) < 4.78 is 0. The molecule has 0 fully saturated rings. The third-order valence-corrected chi connectivity index (χ3v) is 1.75. The quantitative estimate of drug-likeness (QED) is 0.608. The number of benzene rings is 1. The molecule has 0 aliphatic heterocycles. The molecule has 0 bridgehead atoms. The summed E-state index contributed by atoms with van der Waals surface area (Å²) in [5, 5.41) is 0. The normalized spacial score (nSPS) is 11.3. The zero-order chi connectivity index (χ0) is 8.97. The Balaban J connectivity index is 3.05. The molecule has 1 heteroatoms. The second kappa shape index (κ2) is 3.86. The van der Waals surface area contributed by atoms with Crippen LogP contribution in [0, 0.1) is 0 Å². The van der Waals surface area contributed by atoms with Crippen molar-refractivity contribution in [2.45, 2.75) is 13.8 Å². The molecular weight excluding hydrogens is 148 g/mol. The van der Waals surface area contributed by atoms with Crippen LogP contribution in [-0.4, -0.2) is 5.78 Å². The molecule has 0 heterocycles.